The maximum Gasteiger partial charge on any atom is 0.331 e. The van der Waals surface area contributed by atoms with E-state index < -0.39 is 24.0 Å². The SMILES string of the molecule is CCC(C(=O)O)C(C)OC(=O)/C=C/c1ccccc1. The lowest BCUT2D eigenvalue weighted by Crippen LogP contribution is -2.29. The predicted octanol–water partition coefficient (Wildman–Crippen LogP) is 2.74. The van der Waals surface area contributed by atoms with Crippen molar-refractivity contribution in [3.63, 3.8) is 0 Å². The number of ether oxygens (including phenoxy) is 1. The summed E-state index contributed by atoms with van der Waals surface area (Å²) in [5, 5.41) is 8.96. The van der Waals surface area contributed by atoms with Crippen LogP contribution in [0.4, 0.5) is 0 Å². The molecule has 0 bridgehead atoms. The molecule has 0 radical (unpaired) electrons. The standard InChI is InChI=1S/C15H18O4/c1-3-13(15(17)18)11(2)19-14(16)10-9-12-7-5-4-6-8-12/h4-11,13H,3H2,1-2H3,(H,17,18)/b10-9+. The van der Waals surface area contributed by atoms with Gasteiger partial charge in [-0.25, -0.2) is 4.79 Å². The number of carbonyl (C=O) groups is 2. The van der Waals surface area contributed by atoms with Gasteiger partial charge in [-0.05, 0) is 25.0 Å². The molecule has 0 heterocycles. The number of carbonyl (C=O) groups excluding carboxylic acids is 1. The van der Waals surface area contributed by atoms with Crippen molar-refractivity contribution in [3.05, 3.63) is 42.0 Å². The molecule has 102 valence electrons. The lowest BCUT2D eigenvalue weighted by Gasteiger charge is -2.18. The van der Waals surface area contributed by atoms with E-state index >= 15 is 0 Å². The molecule has 0 aliphatic carbocycles. The van der Waals surface area contributed by atoms with Crippen LogP contribution in [0.2, 0.25) is 0 Å². The van der Waals surface area contributed by atoms with Gasteiger partial charge < -0.3 is 9.84 Å². The van der Waals surface area contributed by atoms with Gasteiger partial charge in [-0.15, -0.1) is 0 Å². The summed E-state index contributed by atoms with van der Waals surface area (Å²) in [6, 6.07) is 9.34. The van der Waals surface area contributed by atoms with Crippen LogP contribution in [0.25, 0.3) is 6.08 Å². The summed E-state index contributed by atoms with van der Waals surface area (Å²) < 4.78 is 5.08. The highest BCUT2D eigenvalue weighted by atomic mass is 16.5. The van der Waals surface area contributed by atoms with Crippen molar-refractivity contribution < 1.29 is 19.4 Å². The van der Waals surface area contributed by atoms with Crippen LogP contribution in [-0.4, -0.2) is 23.1 Å². The molecule has 0 saturated carbocycles. The summed E-state index contributed by atoms with van der Waals surface area (Å²) in [5.41, 5.74) is 0.886. The van der Waals surface area contributed by atoms with Crippen molar-refractivity contribution in [2.45, 2.75) is 26.4 Å². The van der Waals surface area contributed by atoms with Gasteiger partial charge in [0.2, 0.25) is 0 Å². The van der Waals surface area contributed by atoms with Gasteiger partial charge in [0.05, 0.1) is 5.92 Å². The highest BCUT2D eigenvalue weighted by Gasteiger charge is 2.25. The van der Waals surface area contributed by atoms with Crippen LogP contribution in [-0.2, 0) is 14.3 Å². The quantitative estimate of drug-likeness (QED) is 0.632. The van der Waals surface area contributed by atoms with Crippen LogP contribution in [0.3, 0.4) is 0 Å². The molecule has 0 aromatic heterocycles. The molecular weight excluding hydrogens is 244 g/mol. The smallest absolute Gasteiger partial charge is 0.331 e. The first-order chi connectivity index (χ1) is 9.04. The normalized spacial score (nSPS) is 14.0. The lowest BCUT2D eigenvalue weighted by atomic mass is 10.0. The van der Waals surface area contributed by atoms with Gasteiger partial charge in [0.15, 0.2) is 0 Å². The highest BCUT2D eigenvalue weighted by molar-refractivity contribution is 5.87. The van der Waals surface area contributed by atoms with Crippen molar-refractivity contribution in [1.29, 1.82) is 0 Å². The van der Waals surface area contributed by atoms with Crippen LogP contribution >= 0.6 is 0 Å². The molecule has 1 aromatic rings. The molecule has 2 atom stereocenters. The highest BCUT2D eigenvalue weighted by Crippen LogP contribution is 2.13. The third-order valence-corrected chi connectivity index (χ3v) is 2.84. The van der Waals surface area contributed by atoms with E-state index in [9.17, 15) is 9.59 Å². The maximum atomic E-state index is 11.6. The average molecular weight is 262 g/mol. The minimum Gasteiger partial charge on any atom is -0.481 e. The summed E-state index contributed by atoms with van der Waals surface area (Å²) in [6.07, 6.45) is 2.72. The van der Waals surface area contributed by atoms with Crippen LogP contribution in [0.1, 0.15) is 25.8 Å². The molecule has 1 aromatic carbocycles. The lowest BCUT2D eigenvalue weighted by molar-refractivity contribution is -0.154. The Morgan fingerprint density at radius 2 is 1.95 bits per heavy atom. The van der Waals surface area contributed by atoms with Crippen molar-refractivity contribution >= 4 is 18.0 Å². The van der Waals surface area contributed by atoms with Gasteiger partial charge in [-0.2, -0.15) is 0 Å². The summed E-state index contributed by atoms with van der Waals surface area (Å²) in [7, 11) is 0. The van der Waals surface area contributed by atoms with Crippen LogP contribution < -0.4 is 0 Å². The first kappa shape index (κ1) is 15.0. The second-order valence-corrected chi connectivity index (χ2v) is 4.24. The minimum absolute atomic E-state index is 0.423. The third kappa shape index (κ3) is 4.95. The fourth-order valence-corrected chi connectivity index (χ4v) is 1.74. The van der Waals surface area contributed by atoms with Crippen LogP contribution in [0.5, 0.6) is 0 Å². The van der Waals surface area contributed by atoms with Gasteiger partial charge in [0, 0.05) is 6.08 Å². The maximum absolute atomic E-state index is 11.6. The zero-order valence-corrected chi connectivity index (χ0v) is 11.1. The monoisotopic (exact) mass is 262 g/mol. The Morgan fingerprint density at radius 1 is 1.32 bits per heavy atom. The number of carboxylic acid groups (broad SMARTS) is 1. The largest absolute Gasteiger partial charge is 0.481 e. The van der Waals surface area contributed by atoms with Crippen molar-refractivity contribution in [3.8, 4) is 0 Å². The first-order valence-corrected chi connectivity index (χ1v) is 6.21. The van der Waals surface area contributed by atoms with Gasteiger partial charge >= 0.3 is 11.9 Å². The molecule has 19 heavy (non-hydrogen) atoms. The second-order valence-electron chi connectivity index (χ2n) is 4.24. The Balaban J connectivity index is 2.56. The molecule has 4 nitrogen and oxygen atoms in total. The van der Waals surface area contributed by atoms with Crippen LogP contribution in [0.15, 0.2) is 36.4 Å². The Bertz CT molecular complexity index is 450. The Labute approximate surface area is 112 Å². The van der Waals surface area contributed by atoms with Gasteiger partial charge in [-0.1, -0.05) is 37.3 Å². The van der Waals surface area contributed by atoms with Gasteiger partial charge in [-0.3, -0.25) is 4.79 Å². The first-order valence-electron chi connectivity index (χ1n) is 6.21. The zero-order valence-electron chi connectivity index (χ0n) is 11.1. The molecule has 1 rings (SSSR count). The minimum atomic E-state index is -0.949. The number of hydrogen-bond donors (Lipinski definition) is 1. The summed E-state index contributed by atoms with van der Waals surface area (Å²) in [4.78, 5) is 22.5. The van der Waals surface area contributed by atoms with E-state index in [-0.39, 0.29) is 0 Å². The van der Waals surface area contributed by atoms with E-state index in [4.69, 9.17) is 9.84 Å². The molecule has 0 spiro atoms. The van der Waals surface area contributed by atoms with Gasteiger partial charge in [0.1, 0.15) is 6.10 Å². The van der Waals surface area contributed by atoms with Crippen molar-refractivity contribution in [2.75, 3.05) is 0 Å². The van der Waals surface area contributed by atoms with E-state index in [1.165, 1.54) is 6.08 Å². The Morgan fingerprint density at radius 3 is 2.47 bits per heavy atom. The molecule has 4 heteroatoms. The second kappa shape index (κ2) is 7.36. The number of hydrogen-bond acceptors (Lipinski definition) is 3. The number of benzene rings is 1. The Hall–Kier alpha value is -2.10. The molecule has 0 aliphatic heterocycles. The topological polar surface area (TPSA) is 63.6 Å². The van der Waals surface area contributed by atoms with Crippen molar-refractivity contribution in [1.82, 2.24) is 0 Å². The molecule has 0 aliphatic rings. The fraction of sp³-hybridized carbons (Fsp3) is 0.333. The van der Waals surface area contributed by atoms with E-state index in [1.807, 2.05) is 30.3 Å². The number of esters is 1. The molecule has 0 saturated heterocycles. The average Bonchev–Trinajstić information content (AvgIpc) is 2.38. The predicted molar refractivity (Wildman–Crippen MR) is 72.4 cm³/mol. The molecule has 0 amide bonds. The zero-order chi connectivity index (χ0) is 14.3. The summed E-state index contributed by atoms with van der Waals surface area (Å²) in [6.45, 7) is 3.35. The third-order valence-electron chi connectivity index (χ3n) is 2.84. The summed E-state index contributed by atoms with van der Waals surface area (Å²) >= 11 is 0. The molecular formula is C15H18O4. The van der Waals surface area contributed by atoms with E-state index in [1.54, 1.807) is 19.9 Å². The Kier molecular flexibility index (Phi) is 5.79. The van der Waals surface area contributed by atoms with E-state index in [2.05, 4.69) is 0 Å². The van der Waals surface area contributed by atoms with E-state index in [0.29, 0.717) is 6.42 Å². The number of aliphatic carboxylic acids is 1. The number of rotatable bonds is 6. The molecule has 0 fully saturated rings. The van der Waals surface area contributed by atoms with Gasteiger partial charge in [0.25, 0.3) is 0 Å². The molecule has 1 N–H and O–H groups in total. The summed E-state index contributed by atoms with van der Waals surface area (Å²) in [5.74, 6) is -2.15. The number of carboxylic acids is 1. The van der Waals surface area contributed by atoms with Crippen molar-refractivity contribution in [2.24, 2.45) is 5.92 Å². The fourth-order valence-electron chi connectivity index (χ4n) is 1.74. The molecule has 2 unspecified atom stereocenters. The van der Waals surface area contributed by atoms with Crippen LogP contribution in [0, 0.1) is 5.92 Å². The van der Waals surface area contributed by atoms with E-state index in [0.717, 1.165) is 5.56 Å².